The third kappa shape index (κ3) is 2.27. The summed E-state index contributed by atoms with van der Waals surface area (Å²) >= 11 is 0. The number of ether oxygens (including phenoxy) is 1. The predicted molar refractivity (Wildman–Crippen MR) is 43.9 cm³/mol. The maximum Gasteiger partial charge on any atom is 0.139 e. The second kappa shape index (κ2) is 4.54. The third-order valence-corrected chi connectivity index (χ3v) is 2.12. The van der Waals surface area contributed by atoms with E-state index in [1.165, 1.54) is 0 Å². The van der Waals surface area contributed by atoms with Gasteiger partial charge in [-0.25, -0.2) is 0 Å². The minimum Gasteiger partial charge on any atom is -0.396 e. The van der Waals surface area contributed by atoms with Gasteiger partial charge in [-0.15, -0.1) is 0 Å². The molecule has 0 bridgehead atoms. The van der Waals surface area contributed by atoms with Crippen molar-refractivity contribution in [3.8, 4) is 0 Å². The largest absolute Gasteiger partial charge is 0.396 e. The van der Waals surface area contributed by atoms with Gasteiger partial charge in [0.2, 0.25) is 0 Å². The van der Waals surface area contributed by atoms with Crippen LogP contribution in [0, 0.1) is 0 Å². The zero-order chi connectivity index (χ0) is 8.97. The summed E-state index contributed by atoms with van der Waals surface area (Å²) in [6.45, 7) is 2.56. The highest BCUT2D eigenvalue weighted by Crippen LogP contribution is 2.08. The lowest BCUT2D eigenvalue weighted by Gasteiger charge is -2.32. The van der Waals surface area contributed by atoms with Crippen molar-refractivity contribution >= 4 is 6.29 Å². The molecule has 3 atom stereocenters. The molecule has 0 aliphatic carbocycles. The van der Waals surface area contributed by atoms with Gasteiger partial charge in [0.05, 0.1) is 18.8 Å². The molecular formula is C8H15NO3. The van der Waals surface area contributed by atoms with Gasteiger partial charge in [0.15, 0.2) is 0 Å². The van der Waals surface area contributed by atoms with Gasteiger partial charge in [0, 0.05) is 12.6 Å². The summed E-state index contributed by atoms with van der Waals surface area (Å²) in [5.41, 5.74) is 0. The number of hydrogen-bond acceptors (Lipinski definition) is 4. The van der Waals surface area contributed by atoms with E-state index in [1.54, 1.807) is 0 Å². The molecule has 1 aliphatic rings. The van der Waals surface area contributed by atoms with Crippen molar-refractivity contribution in [3.63, 3.8) is 0 Å². The number of aliphatic hydroxyl groups is 1. The molecule has 12 heavy (non-hydrogen) atoms. The smallest absolute Gasteiger partial charge is 0.139 e. The van der Waals surface area contributed by atoms with Crippen LogP contribution in [0.2, 0.25) is 0 Å². The molecule has 0 spiro atoms. The van der Waals surface area contributed by atoms with E-state index in [9.17, 15) is 4.79 Å². The molecule has 0 radical (unpaired) electrons. The maximum absolute atomic E-state index is 10.5. The Morgan fingerprint density at radius 2 is 2.50 bits per heavy atom. The first-order chi connectivity index (χ1) is 5.77. The topological polar surface area (TPSA) is 58.6 Å². The molecule has 3 unspecified atom stereocenters. The van der Waals surface area contributed by atoms with Crippen molar-refractivity contribution in [1.82, 2.24) is 5.32 Å². The van der Waals surface area contributed by atoms with Crippen molar-refractivity contribution in [1.29, 1.82) is 0 Å². The first-order valence-corrected chi connectivity index (χ1v) is 4.21. The Labute approximate surface area is 71.9 Å². The van der Waals surface area contributed by atoms with Crippen molar-refractivity contribution in [2.75, 3.05) is 13.2 Å². The summed E-state index contributed by atoms with van der Waals surface area (Å²) in [5, 5.41) is 11.8. The van der Waals surface area contributed by atoms with E-state index in [0.717, 1.165) is 6.29 Å². The SMILES string of the molecule is CC1OCC(CCO)NC1C=O. The quantitative estimate of drug-likeness (QED) is 0.555. The number of morpholine rings is 1. The summed E-state index contributed by atoms with van der Waals surface area (Å²) in [6.07, 6.45) is 1.43. The van der Waals surface area contributed by atoms with Crippen molar-refractivity contribution in [2.24, 2.45) is 0 Å². The number of aldehydes is 1. The Balaban J connectivity index is 2.38. The van der Waals surface area contributed by atoms with Crippen LogP contribution >= 0.6 is 0 Å². The number of rotatable bonds is 3. The Morgan fingerprint density at radius 3 is 3.08 bits per heavy atom. The second-order valence-electron chi connectivity index (χ2n) is 3.08. The van der Waals surface area contributed by atoms with E-state index in [1.807, 2.05) is 6.92 Å². The van der Waals surface area contributed by atoms with Gasteiger partial charge in [-0.2, -0.15) is 0 Å². The highest BCUT2D eigenvalue weighted by Gasteiger charge is 2.26. The van der Waals surface area contributed by atoms with E-state index in [-0.39, 0.29) is 24.8 Å². The summed E-state index contributed by atoms with van der Waals surface area (Å²) in [4.78, 5) is 10.5. The van der Waals surface area contributed by atoms with E-state index < -0.39 is 0 Å². The van der Waals surface area contributed by atoms with Gasteiger partial charge in [-0.3, -0.25) is 0 Å². The average molecular weight is 173 g/mol. The summed E-state index contributed by atoms with van der Waals surface area (Å²) < 4.78 is 5.34. The molecule has 0 aromatic carbocycles. The highest BCUT2D eigenvalue weighted by atomic mass is 16.5. The lowest BCUT2D eigenvalue weighted by molar-refractivity contribution is -0.116. The number of carbonyl (C=O) groups excluding carboxylic acids is 1. The van der Waals surface area contributed by atoms with Gasteiger partial charge in [0.25, 0.3) is 0 Å². The Bertz CT molecular complexity index is 151. The Hall–Kier alpha value is -0.450. The Morgan fingerprint density at radius 1 is 1.75 bits per heavy atom. The molecule has 0 aromatic heterocycles. The zero-order valence-electron chi connectivity index (χ0n) is 7.19. The molecule has 1 saturated heterocycles. The fourth-order valence-electron chi connectivity index (χ4n) is 1.30. The van der Waals surface area contributed by atoms with Gasteiger partial charge >= 0.3 is 0 Å². The molecule has 2 N–H and O–H groups in total. The van der Waals surface area contributed by atoms with Crippen LogP contribution in [-0.4, -0.2) is 42.8 Å². The van der Waals surface area contributed by atoms with Crippen LogP contribution < -0.4 is 5.32 Å². The second-order valence-corrected chi connectivity index (χ2v) is 3.08. The molecule has 0 saturated carbocycles. The fourth-order valence-corrected chi connectivity index (χ4v) is 1.30. The van der Waals surface area contributed by atoms with Crippen molar-refractivity contribution in [3.05, 3.63) is 0 Å². The average Bonchev–Trinajstić information content (AvgIpc) is 2.09. The van der Waals surface area contributed by atoms with Crippen LogP contribution in [0.1, 0.15) is 13.3 Å². The molecule has 1 aliphatic heterocycles. The molecule has 1 heterocycles. The van der Waals surface area contributed by atoms with Crippen LogP contribution in [0.4, 0.5) is 0 Å². The van der Waals surface area contributed by atoms with E-state index >= 15 is 0 Å². The molecule has 70 valence electrons. The predicted octanol–water partition coefficient (Wildman–Crippen LogP) is -0.687. The monoisotopic (exact) mass is 173 g/mol. The van der Waals surface area contributed by atoms with E-state index in [2.05, 4.69) is 5.32 Å². The zero-order valence-corrected chi connectivity index (χ0v) is 7.19. The van der Waals surface area contributed by atoms with Crippen LogP contribution in [-0.2, 0) is 9.53 Å². The van der Waals surface area contributed by atoms with Gasteiger partial charge < -0.3 is 20.0 Å². The van der Waals surface area contributed by atoms with Crippen LogP contribution in [0.15, 0.2) is 0 Å². The number of carbonyl (C=O) groups is 1. The summed E-state index contributed by atoms with van der Waals surface area (Å²) in [5.74, 6) is 0. The molecule has 4 nitrogen and oxygen atoms in total. The van der Waals surface area contributed by atoms with Crippen LogP contribution in [0.5, 0.6) is 0 Å². The number of nitrogens with one attached hydrogen (secondary N) is 1. The first-order valence-electron chi connectivity index (χ1n) is 4.21. The molecule has 4 heteroatoms. The molecule has 0 aromatic rings. The summed E-state index contributed by atoms with van der Waals surface area (Å²) in [6, 6.07) is -0.114. The lowest BCUT2D eigenvalue weighted by Crippen LogP contribution is -2.54. The normalized spacial score (nSPS) is 36.3. The minimum absolute atomic E-state index is 0.0579. The first kappa shape index (κ1) is 9.64. The Kier molecular flexibility index (Phi) is 3.65. The molecule has 0 amide bonds. The summed E-state index contributed by atoms with van der Waals surface area (Å²) in [7, 11) is 0. The highest BCUT2D eigenvalue weighted by molar-refractivity contribution is 5.58. The fraction of sp³-hybridized carbons (Fsp3) is 0.875. The van der Waals surface area contributed by atoms with Gasteiger partial charge in [-0.05, 0) is 13.3 Å². The number of hydrogen-bond donors (Lipinski definition) is 2. The van der Waals surface area contributed by atoms with Crippen LogP contribution in [0.25, 0.3) is 0 Å². The van der Waals surface area contributed by atoms with E-state index in [0.29, 0.717) is 13.0 Å². The lowest BCUT2D eigenvalue weighted by atomic mass is 10.1. The number of aliphatic hydroxyl groups excluding tert-OH is 1. The van der Waals surface area contributed by atoms with Crippen LogP contribution in [0.3, 0.4) is 0 Å². The van der Waals surface area contributed by atoms with Gasteiger partial charge in [0.1, 0.15) is 6.29 Å². The maximum atomic E-state index is 10.5. The van der Waals surface area contributed by atoms with E-state index in [4.69, 9.17) is 9.84 Å². The van der Waals surface area contributed by atoms with Crippen molar-refractivity contribution < 1.29 is 14.6 Å². The third-order valence-electron chi connectivity index (χ3n) is 2.12. The minimum atomic E-state index is -0.227. The molecular weight excluding hydrogens is 158 g/mol. The van der Waals surface area contributed by atoms with Gasteiger partial charge in [-0.1, -0.05) is 0 Å². The standard InChI is InChI=1S/C8H15NO3/c1-6-8(4-11)9-7(2-3-10)5-12-6/h4,6-10H,2-3,5H2,1H3. The molecule has 1 rings (SSSR count). The van der Waals surface area contributed by atoms with Crippen molar-refractivity contribution in [2.45, 2.75) is 31.5 Å². The molecule has 1 fully saturated rings.